The van der Waals surface area contributed by atoms with Crippen LogP contribution >= 0.6 is 0 Å². The van der Waals surface area contributed by atoms with Crippen LogP contribution in [0.2, 0.25) is 0 Å². The summed E-state index contributed by atoms with van der Waals surface area (Å²) in [7, 11) is 0. The standard InChI is InChI=1S/C13H27NO.C2H4/c1-3-5-12(6-4-2)7-8-13-11-15-10-9-14-13;1-2/h12-14H,3-11H2,1-2H3;1-2H2/t13-;/m0./s1. The molecule has 0 amide bonds. The Balaban J connectivity index is 0.00000121. The third-order valence-corrected chi connectivity index (χ3v) is 3.32. The summed E-state index contributed by atoms with van der Waals surface area (Å²) in [6.07, 6.45) is 8.15. The highest BCUT2D eigenvalue weighted by Crippen LogP contribution is 2.20. The van der Waals surface area contributed by atoms with Crippen LogP contribution in [-0.4, -0.2) is 25.8 Å². The Morgan fingerprint density at radius 1 is 1.18 bits per heavy atom. The van der Waals surface area contributed by atoms with Crippen LogP contribution in [0.1, 0.15) is 52.4 Å². The molecular weight excluding hydrogens is 210 g/mol. The molecular formula is C15H31NO. The van der Waals surface area contributed by atoms with E-state index >= 15 is 0 Å². The predicted molar refractivity (Wildman–Crippen MR) is 76.4 cm³/mol. The molecule has 0 unspecified atom stereocenters. The van der Waals surface area contributed by atoms with Gasteiger partial charge in [-0.25, -0.2) is 0 Å². The Kier molecular flexibility index (Phi) is 11.9. The fourth-order valence-electron chi connectivity index (χ4n) is 2.49. The second-order valence-electron chi connectivity index (χ2n) is 4.75. The number of morpholine rings is 1. The minimum absolute atomic E-state index is 0.620. The van der Waals surface area contributed by atoms with Gasteiger partial charge in [0.15, 0.2) is 0 Å². The van der Waals surface area contributed by atoms with Crippen LogP contribution in [0.15, 0.2) is 13.2 Å². The summed E-state index contributed by atoms with van der Waals surface area (Å²) in [5, 5.41) is 3.53. The summed E-state index contributed by atoms with van der Waals surface area (Å²) in [6, 6.07) is 0.620. The molecule has 0 radical (unpaired) electrons. The predicted octanol–water partition coefficient (Wildman–Crippen LogP) is 3.77. The van der Waals surface area contributed by atoms with Gasteiger partial charge in [0.2, 0.25) is 0 Å². The highest BCUT2D eigenvalue weighted by molar-refractivity contribution is 4.72. The number of nitrogens with one attached hydrogen (secondary N) is 1. The molecule has 1 fully saturated rings. The summed E-state index contributed by atoms with van der Waals surface area (Å²) in [5.41, 5.74) is 0. The molecule has 0 spiro atoms. The molecule has 1 N–H and O–H groups in total. The van der Waals surface area contributed by atoms with Crippen molar-refractivity contribution in [3.63, 3.8) is 0 Å². The smallest absolute Gasteiger partial charge is 0.0620 e. The second kappa shape index (κ2) is 12.1. The maximum atomic E-state index is 5.47. The summed E-state index contributed by atoms with van der Waals surface area (Å²) < 4.78 is 5.47. The maximum Gasteiger partial charge on any atom is 0.0620 e. The number of rotatable bonds is 7. The lowest BCUT2D eigenvalue weighted by atomic mass is 9.91. The molecule has 1 atom stereocenters. The van der Waals surface area contributed by atoms with E-state index in [-0.39, 0.29) is 0 Å². The molecule has 0 aliphatic carbocycles. The van der Waals surface area contributed by atoms with E-state index in [2.05, 4.69) is 32.3 Å². The van der Waals surface area contributed by atoms with Gasteiger partial charge in [-0.3, -0.25) is 0 Å². The van der Waals surface area contributed by atoms with E-state index < -0.39 is 0 Å². The van der Waals surface area contributed by atoms with Gasteiger partial charge in [0.05, 0.1) is 13.2 Å². The first-order valence-electron chi connectivity index (χ1n) is 7.18. The third-order valence-electron chi connectivity index (χ3n) is 3.32. The van der Waals surface area contributed by atoms with Gasteiger partial charge in [0.25, 0.3) is 0 Å². The SMILES string of the molecule is C=C.CCCC(CCC)CC[C@H]1COCCN1. The van der Waals surface area contributed by atoms with Crippen molar-refractivity contribution in [1.82, 2.24) is 5.32 Å². The molecule has 0 bridgehead atoms. The van der Waals surface area contributed by atoms with Crippen LogP contribution in [0, 0.1) is 5.92 Å². The summed E-state index contributed by atoms with van der Waals surface area (Å²) in [6.45, 7) is 13.4. The average Bonchev–Trinajstić information content (AvgIpc) is 2.40. The van der Waals surface area contributed by atoms with Gasteiger partial charge >= 0.3 is 0 Å². The zero-order chi connectivity index (χ0) is 12.9. The van der Waals surface area contributed by atoms with E-state index in [9.17, 15) is 0 Å². The fourth-order valence-corrected chi connectivity index (χ4v) is 2.49. The maximum absolute atomic E-state index is 5.47. The zero-order valence-corrected chi connectivity index (χ0v) is 11.8. The Labute approximate surface area is 108 Å². The molecule has 0 saturated carbocycles. The highest BCUT2D eigenvalue weighted by Gasteiger charge is 2.15. The van der Waals surface area contributed by atoms with Gasteiger partial charge < -0.3 is 10.1 Å². The van der Waals surface area contributed by atoms with E-state index in [1.165, 1.54) is 38.5 Å². The topological polar surface area (TPSA) is 21.3 Å². The van der Waals surface area contributed by atoms with Gasteiger partial charge in [-0.15, -0.1) is 13.2 Å². The molecule has 0 aromatic rings. The molecule has 2 nitrogen and oxygen atoms in total. The zero-order valence-electron chi connectivity index (χ0n) is 11.8. The first kappa shape index (κ1) is 16.7. The molecule has 0 aromatic carbocycles. The Hall–Kier alpha value is -0.340. The van der Waals surface area contributed by atoms with Crippen LogP contribution in [0.3, 0.4) is 0 Å². The molecule has 17 heavy (non-hydrogen) atoms. The molecule has 1 heterocycles. The van der Waals surface area contributed by atoms with E-state index in [0.717, 1.165) is 25.7 Å². The average molecular weight is 241 g/mol. The molecule has 1 aliphatic rings. The molecule has 102 valence electrons. The molecule has 1 rings (SSSR count). The normalized spacial score (nSPS) is 19.8. The van der Waals surface area contributed by atoms with Crippen molar-refractivity contribution >= 4 is 0 Å². The third kappa shape index (κ3) is 8.39. The van der Waals surface area contributed by atoms with E-state index in [1.54, 1.807) is 0 Å². The number of ether oxygens (including phenoxy) is 1. The quantitative estimate of drug-likeness (QED) is 0.685. The minimum atomic E-state index is 0.620. The monoisotopic (exact) mass is 241 g/mol. The van der Waals surface area contributed by atoms with Crippen molar-refractivity contribution in [2.24, 2.45) is 5.92 Å². The largest absolute Gasteiger partial charge is 0.379 e. The van der Waals surface area contributed by atoms with Crippen molar-refractivity contribution in [3.8, 4) is 0 Å². The Morgan fingerprint density at radius 3 is 2.29 bits per heavy atom. The van der Waals surface area contributed by atoms with E-state index in [0.29, 0.717) is 6.04 Å². The van der Waals surface area contributed by atoms with Gasteiger partial charge in [0.1, 0.15) is 0 Å². The number of hydrogen-bond acceptors (Lipinski definition) is 2. The summed E-state index contributed by atoms with van der Waals surface area (Å²) >= 11 is 0. The molecule has 2 heteroatoms. The Morgan fingerprint density at radius 2 is 1.82 bits per heavy atom. The van der Waals surface area contributed by atoms with E-state index in [1.807, 2.05) is 0 Å². The molecule has 0 aromatic heterocycles. The van der Waals surface area contributed by atoms with Crippen molar-refractivity contribution in [3.05, 3.63) is 13.2 Å². The lowest BCUT2D eigenvalue weighted by Crippen LogP contribution is -2.41. The number of hydrogen-bond donors (Lipinski definition) is 1. The first-order valence-corrected chi connectivity index (χ1v) is 7.18. The van der Waals surface area contributed by atoms with Crippen molar-refractivity contribution in [1.29, 1.82) is 0 Å². The molecule has 1 aliphatic heterocycles. The van der Waals surface area contributed by atoms with Crippen molar-refractivity contribution < 1.29 is 4.74 Å². The summed E-state index contributed by atoms with van der Waals surface area (Å²) in [5.74, 6) is 0.948. The first-order chi connectivity index (χ1) is 8.36. The molecule has 1 saturated heterocycles. The van der Waals surface area contributed by atoms with Crippen molar-refractivity contribution in [2.45, 2.75) is 58.4 Å². The fraction of sp³-hybridized carbons (Fsp3) is 0.867. The highest BCUT2D eigenvalue weighted by atomic mass is 16.5. The van der Waals surface area contributed by atoms with Crippen molar-refractivity contribution in [2.75, 3.05) is 19.8 Å². The second-order valence-corrected chi connectivity index (χ2v) is 4.75. The lowest BCUT2D eigenvalue weighted by Gasteiger charge is -2.25. The lowest BCUT2D eigenvalue weighted by molar-refractivity contribution is 0.0716. The Bertz CT molecular complexity index is 149. The van der Waals surface area contributed by atoms with E-state index in [4.69, 9.17) is 4.74 Å². The van der Waals surface area contributed by atoms with Crippen LogP contribution in [0.25, 0.3) is 0 Å². The minimum Gasteiger partial charge on any atom is -0.379 e. The van der Waals surface area contributed by atoms with Crippen LogP contribution < -0.4 is 5.32 Å². The van der Waals surface area contributed by atoms with Gasteiger partial charge in [0, 0.05) is 12.6 Å². The van der Waals surface area contributed by atoms with Crippen LogP contribution in [-0.2, 0) is 4.74 Å². The van der Waals surface area contributed by atoms with Gasteiger partial charge in [-0.2, -0.15) is 0 Å². The van der Waals surface area contributed by atoms with Gasteiger partial charge in [-0.1, -0.05) is 39.5 Å². The van der Waals surface area contributed by atoms with Crippen LogP contribution in [0.4, 0.5) is 0 Å². The van der Waals surface area contributed by atoms with Crippen LogP contribution in [0.5, 0.6) is 0 Å². The van der Waals surface area contributed by atoms with Gasteiger partial charge in [-0.05, 0) is 18.8 Å². The summed E-state index contributed by atoms with van der Waals surface area (Å²) in [4.78, 5) is 0.